The minimum Gasteiger partial charge on any atom is -0.493 e. The largest absolute Gasteiger partial charge is 0.493 e. The van der Waals surface area contributed by atoms with Crippen LogP contribution in [-0.4, -0.2) is 29.1 Å². The Morgan fingerprint density at radius 3 is 2.19 bits per heavy atom. The third-order valence-electron chi connectivity index (χ3n) is 4.06. The summed E-state index contributed by atoms with van der Waals surface area (Å²) in [6.07, 6.45) is 4.11. The average Bonchev–Trinajstić information content (AvgIpc) is 2.42. The van der Waals surface area contributed by atoms with Crippen LogP contribution in [0.2, 0.25) is 18.1 Å². The van der Waals surface area contributed by atoms with Gasteiger partial charge in [0, 0.05) is 0 Å². The predicted octanol–water partition coefficient (Wildman–Crippen LogP) is 4.74. The van der Waals surface area contributed by atoms with E-state index in [0.717, 1.165) is 17.1 Å². The first-order valence-corrected chi connectivity index (χ1v) is 10.1. The molecule has 0 spiro atoms. The van der Waals surface area contributed by atoms with Crippen LogP contribution in [0.4, 0.5) is 0 Å². The molecule has 0 bridgehead atoms. The maximum absolute atomic E-state index is 6.11. The summed E-state index contributed by atoms with van der Waals surface area (Å²) in [5, 5.41) is 0.240. The van der Waals surface area contributed by atoms with E-state index in [2.05, 4.69) is 46.0 Å². The highest BCUT2D eigenvalue weighted by atomic mass is 28.4. The lowest BCUT2D eigenvalue weighted by Gasteiger charge is -2.35. The van der Waals surface area contributed by atoms with E-state index in [1.807, 2.05) is 18.2 Å². The van der Waals surface area contributed by atoms with Crippen molar-refractivity contribution in [1.29, 1.82) is 0 Å². The summed E-state index contributed by atoms with van der Waals surface area (Å²) in [6.45, 7) is 11.9. The second-order valence-corrected chi connectivity index (χ2v) is 11.4. The van der Waals surface area contributed by atoms with Gasteiger partial charge in [-0.3, -0.25) is 0 Å². The lowest BCUT2D eigenvalue weighted by Crippen LogP contribution is -2.40. The highest BCUT2D eigenvalue weighted by Gasteiger charge is 2.36. The molecule has 0 fully saturated rings. The number of hydrogen-bond donors (Lipinski definition) is 0. The molecule has 0 heterocycles. The second kappa shape index (κ2) is 7.14. The molecular weight excluding hydrogens is 280 g/mol. The molecule has 21 heavy (non-hydrogen) atoms. The Morgan fingerprint density at radius 1 is 1.05 bits per heavy atom. The summed E-state index contributed by atoms with van der Waals surface area (Å²) < 4.78 is 16.6. The molecule has 3 nitrogen and oxygen atoms in total. The van der Waals surface area contributed by atoms with Crippen LogP contribution in [-0.2, 0) is 4.43 Å². The van der Waals surface area contributed by atoms with Gasteiger partial charge in [-0.2, -0.15) is 0 Å². The highest BCUT2D eigenvalue weighted by molar-refractivity contribution is 6.74. The predicted molar refractivity (Wildman–Crippen MR) is 91.7 cm³/mol. The molecule has 118 valence electrons. The zero-order valence-electron chi connectivity index (χ0n) is 14.3. The van der Waals surface area contributed by atoms with Gasteiger partial charge in [-0.05, 0) is 35.8 Å². The van der Waals surface area contributed by atoms with E-state index in [9.17, 15) is 0 Å². The molecule has 0 unspecified atom stereocenters. The van der Waals surface area contributed by atoms with Gasteiger partial charge >= 0.3 is 0 Å². The van der Waals surface area contributed by atoms with Crippen LogP contribution >= 0.6 is 0 Å². The molecule has 0 aliphatic heterocycles. The molecular formula is C17H28O3Si. The first-order chi connectivity index (χ1) is 9.71. The maximum Gasteiger partial charge on any atom is 0.192 e. The van der Waals surface area contributed by atoms with Crippen molar-refractivity contribution in [1.82, 2.24) is 0 Å². The third kappa shape index (κ3) is 4.90. The first kappa shape index (κ1) is 17.8. The van der Waals surface area contributed by atoms with Crippen molar-refractivity contribution < 1.29 is 13.9 Å². The fourth-order valence-corrected chi connectivity index (χ4v) is 2.56. The van der Waals surface area contributed by atoms with Gasteiger partial charge in [0.2, 0.25) is 0 Å². The molecule has 0 radical (unpaired) electrons. The summed E-state index contributed by atoms with van der Waals surface area (Å²) >= 11 is 0. The molecule has 0 saturated heterocycles. The van der Waals surface area contributed by atoms with E-state index in [1.165, 1.54) is 0 Å². The fraction of sp³-hybridized carbons (Fsp3) is 0.529. The lowest BCUT2D eigenvalue weighted by atomic mass is 10.2. The Labute approximate surface area is 130 Å². The number of rotatable bonds is 6. The van der Waals surface area contributed by atoms with Crippen LogP contribution in [0.15, 0.2) is 24.3 Å². The monoisotopic (exact) mass is 308 g/mol. The van der Waals surface area contributed by atoms with Gasteiger partial charge in [0.1, 0.15) is 0 Å². The van der Waals surface area contributed by atoms with Gasteiger partial charge < -0.3 is 13.9 Å². The molecule has 0 atom stereocenters. The minimum absolute atomic E-state index is 0.240. The van der Waals surface area contributed by atoms with E-state index in [0.29, 0.717) is 6.61 Å². The van der Waals surface area contributed by atoms with Crippen molar-refractivity contribution in [2.24, 2.45) is 0 Å². The average molecular weight is 308 g/mol. The third-order valence-corrected chi connectivity index (χ3v) is 8.57. The van der Waals surface area contributed by atoms with Gasteiger partial charge in [-0.15, -0.1) is 0 Å². The van der Waals surface area contributed by atoms with E-state index in [1.54, 1.807) is 14.2 Å². The summed E-state index contributed by atoms with van der Waals surface area (Å²) in [5.74, 6) is 1.48. The Bertz CT molecular complexity index is 487. The molecule has 0 N–H and O–H groups in total. The summed E-state index contributed by atoms with van der Waals surface area (Å²) in [7, 11) is 1.61. The van der Waals surface area contributed by atoms with Crippen molar-refractivity contribution in [3.63, 3.8) is 0 Å². The molecule has 0 aromatic heterocycles. The number of methoxy groups -OCH3 is 2. The Morgan fingerprint density at radius 2 is 1.67 bits per heavy atom. The van der Waals surface area contributed by atoms with Crippen LogP contribution in [0.5, 0.6) is 11.5 Å². The minimum atomic E-state index is -1.67. The Balaban J connectivity index is 2.66. The van der Waals surface area contributed by atoms with E-state index in [-0.39, 0.29) is 5.04 Å². The van der Waals surface area contributed by atoms with Crippen LogP contribution in [0.25, 0.3) is 6.08 Å². The van der Waals surface area contributed by atoms with Crippen molar-refractivity contribution in [3.8, 4) is 11.5 Å². The van der Waals surface area contributed by atoms with Crippen molar-refractivity contribution >= 4 is 14.4 Å². The van der Waals surface area contributed by atoms with Gasteiger partial charge in [-0.1, -0.05) is 39.0 Å². The normalized spacial score (nSPS) is 12.7. The standard InChI is InChI=1S/C17H28O3Si/c1-17(2,3)21(6,7)20-12-8-9-14-10-11-15(18-4)16(13-14)19-5/h8-11,13H,12H2,1-7H3/b9-8+. The molecule has 1 aromatic carbocycles. The Hall–Kier alpha value is -1.26. The van der Waals surface area contributed by atoms with Gasteiger partial charge in [-0.25, -0.2) is 0 Å². The van der Waals surface area contributed by atoms with E-state index in [4.69, 9.17) is 13.9 Å². The fourth-order valence-electron chi connectivity index (χ4n) is 1.61. The summed E-state index contributed by atoms with van der Waals surface area (Å²) in [5.41, 5.74) is 1.08. The summed E-state index contributed by atoms with van der Waals surface area (Å²) in [6, 6.07) is 5.87. The topological polar surface area (TPSA) is 27.7 Å². The van der Waals surface area contributed by atoms with Gasteiger partial charge in [0.15, 0.2) is 19.8 Å². The van der Waals surface area contributed by atoms with Gasteiger partial charge in [0.25, 0.3) is 0 Å². The van der Waals surface area contributed by atoms with Crippen molar-refractivity contribution in [3.05, 3.63) is 29.8 Å². The number of benzene rings is 1. The molecule has 1 aromatic rings. The molecule has 0 amide bonds. The highest BCUT2D eigenvalue weighted by Crippen LogP contribution is 2.36. The van der Waals surface area contributed by atoms with E-state index < -0.39 is 8.32 Å². The molecule has 0 aliphatic rings. The molecule has 0 saturated carbocycles. The molecule has 4 heteroatoms. The smallest absolute Gasteiger partial charge is 0.192 e. The van der Waals surface area contributed by atoms with Crippen molar-refractivity contribution in [2.75, 3.05) is 20.8 Å². The zero-order chi connectivity index (χ0) is 16.1. The quantitative estimate of drug-likeness (QED) is 0.710. The zero-order valence-corrected chi connectivity index (χ0v) is 15.3. The number of ether oxygens (including phenoxy) is 2. The van der Waals surface area contributed by atoms with Crippen LogP contribution < -0.4 is 9.47 Å². The first-order valence-electron chi connectivity index (χ1n) is 7.24. The van der Waals surface area contributed by atoms with Crippen LogP contribution in [0, 0.1) is 0 Å². The van der Waals surface area contributed by atoms with Crippen LogP contribution in [0.3, 0.4) is 0 Å². The second-order valence-electron chi connectivity index (χ2n) is 6.59. The SMILES string of the molecule is COc1ccc(/C=C/CO[Si](C)(C)C(C)(C)C)cc1OC. The van der Waals surface area contributed by atoms with Crippen molar-refractivity contribution in [2.45, 2.75) is 38.9 Å². The maximum atomic E-state index is 6.11. The lowest BCUT2D eigenvalue weighted by molar-refractivity contribution is 0.328. The Kier molecular flexibility index (Phi) is 6.05. The van der Waals surface area contributed by atoms with Gasteiger partial charge in [0.05, 0.1) is 20.8 Å². The molecule has 0 aliphatic carbocycles. The van der Waals surface area contributed by atoms with Crippen LogP contribution in [0.1, 0.15) is 26.3 Å². The summed E-state index contributed by atoms with van der Waals surface area (Å²) in [4.78, 5) is 0. The number of hydrogen-bond acceptors (Lipinski definition) is 3. The van der Waals surface area contributed by atoms with E-state index >= 15 is 0 Å². The molecule has 1 rings (SSSR count).